The summed E-state index contributed by atoms with van der Waals surface area (Å²) in [5.41, 5.74) is -0.628. The van der Waals surface area contributed by atoms with E-state index in [4.69, 9.17) is 9.84 Å². The van der Waals surface area contributed by atoms with E-state index >= 15 is 0 Å². The smallest absolute Gasteiger partial charge is 0.312 e. The molecule has 1 rings (SSSR count). The summed E-state index contributed by atoms with van der Waals surface area (Å²) in [6.45, 7) is 8.01. The van der Waals surface area contributed by atoms with Crippen LogP contribution in [0, 0.1) is 11.3 Å². The van der Waals surface area contributed by atoms with Crippen LogP contribution in [0.4, 0.5) is 0 Å². The van der Waals surface area contributed by atoms with Crippen LogP contribution in [0.3, 0.4) is 0 Å². The fourth-order valence-electron chi connectivity index (χ4n) is 2.20. The fourth-order valence-corrected chi connectivity index (χ4v) is 2.20. The highest BCUT2D eigenvalue weighted by Gasteiger charge is 2.57. The molecule has 0 saturated heterocycles. The molecule has 1 saturated carbocycles. The minimum atomic E-state index is -0.385. The van der Waals surface area contributed by atoms with Gasteiger partial charge >= 0.3 is 5.97 Å². The van der Waals surface area contributed by atoms with Crippen molar-refractivity contribution in [2.24, 2.45) is 11.3 Å². The van der Waals surface area contributed by atoms with E-state index in [2.05, 4.69) is 0 Å². The molecule has 2 unspecified atom stereocenters. The highest BCUT2D eigenvalue weighted by molar-refractivity contribution is 5.80. The summed E-state index contributed by atoms with van der Waals surface area (Å²) in [5, 5.41) is 8.69. The first-order chi connectivity index (χ1) is 7.79. The molecule has 0 aromatic heterocycles. The molecule has 17 heavy (non-hydrogen) atoms. The maximum Gasteiger partial charge on any atom is 0.312 e. The number of carbonyl (C=O) groups is 1. The third kappa shape index (κ3) is 4.30. The number of aliphatic hydroxyl groups is 1. The number of ether oxygens (including phenoxy) is 1. The van der Waals surface area contributed by atoms with Crippen molar-refractivity contribution in [2.45, 2.75) is 65.4 Å². The second-order valence-corrected chi connectivity index (χ2v) is 6.39. The van der Waals surface area contributed by atoms with Crippen LogP contribution in [-0.4, -0.2) is 23.3 Å². The average molecular weight is 242 g/mol. The molecule has 3 nitrogen and oxygen atoms in total. The average Bonchev–Trinajstić information content (AvgIpc) is 2.84. The van der Waals surface area contributed by atoms with Gasteiger partial charge in [-0.1, -0.05) is 12.8 Å². The molecule has 0 aromatic rings. The minimum Gasteiger partial charge on any atom is -0.460 e. The van der Waals surface area contributed by atoms with Crippen molar-refractivity contribution in [1.82, 2.24) is 0 Å². The molecule has 0 amide bonds. The molecule has 2 atom stereocenters. The van der Waals surface area contributed by atoms with Gasteiger partial charge in [-0.3, -0.25) is 4.79 Å². The predicted octanol–water partition coefficient (Wildman–Crippen LogP) is 2.91. The Labute approximate surface area is 105 Å². The summed E-state index contributed by atoms with van der Waals surface area (Å²) in [7, 11) is 0. The number of esters is 1. The van der Waals surface area contributed by atoms with Crippen molar-refractivity contribution < 1.29 is 14.6 Å². The van der Waals surface area contributed by atoms with Crippen LogP contribution in [0.25, 0.3) is 0 Å². The van der Waals surface area contributed by atoms with Crippen LogP contribution < -0.4 is 0 Å². The Kier molecular flexibility index (Phi) is 4.59. The largest absolute Gasteiger partial charge is 0.460 e. The van der Waals surface area contributed by atoms with Crippen molar-refractivity contribution >= 4 is 5.97 Å². The Morgan fingerprint density at radius 3 is 2.53 bits per heavy atom. The van der Waals surface area contributed by atoms with E-state index < -0.39 is 0 Å². The second kappa shape index (κ2) is 5.38. The van der Waals surface area contributed by atoms with Gasteiger partial charge in [-0.25, -0.2) is 0 Å². The lowest BCUT2D eigenvalue weighted by Crippen LogP contribution is -2.29. The fraction of sp³-hybridized carbons (Fsp3) is 0.929. The summed E-state index contributed by atoms with van der Waals surface area (Å²) in [4.78, 5) is 12.0. The van der Waals surface area contributed by atoms with Crippen LogP contribution in [0.15, 0.2) is 0 Å². The minimum absolute atomic E-state index is 0.0443. The topological polar surface area (TPSA) is 46.5 Å². The Morgan fingerprint density at radius 2 is 2.00 bits per heavy atom. The first-order valence-electron chi connectivity index (χ1n) is 6.64. The maximum atomic E-state index is 12.0. The van der Waals surface area contributed by atoms with Crippen LogP contribution in [0.1, 0.15) is 59.8 Å². The molecule has 0 bridgehead atoms. The Morgan fingerprint density at radius 1 is 1.35 bits per heavy atom. The lowest BCUT2D eigenvalue weighted by atomic mass is 10.0. The monoisotopic (exact) mass is 242 g/mol. The standard InChI is InChI=1S/C14H26O3/c1-13(2,3)17-12(16)14(4)10-11(14)8-6-5-7-9-15/h11,15H,5-10H2,1-4H3. The van der Waals surface area contributed by atoms with E-state index in [1.165, 1.54) is 0 Å². The van der Waals surface area contributed by atoms with Gasteiger partial charge in [0.1, 0.15) is 5.60 Å². The van der Waals surface area contributed by atoms with E-state index in [9.17, 15) is 4.79 Å². The van der Waals surface area contributed by atoms with E-state index in [0.29, 0.717) is 5.92 Å². The molecule has 0 aliphatic heterocycles. The molecule has 0 spiro atoms. The molecular weight excluding hydrogens is 216 g/mol. The molecular formula is C14H26O3. The molecule has 1 N–H and O–H groups in total. The summed E-state index contributed by atoms with van der Waals surface area (Å²) in [6, 6.07) is 0. The third-order valence-corrected chi connectivity index (χ3v) is 3.49. The number of unbranched alkanes of at least 4 members (excludes halogenated alkanes) is 2. The number of hydrogen-bond acceptors (Lipinski definition) is 3. The van der Waals surface area contributed by atoms with Crippen LogP contribution in [0.5, 0.6) is 0 Å². The van der Waals surface area contributed by atoms with Gasteiger partial charge < -0.3 is 9.84 Å². The normalized spacial score (nSPS) is 27.9. The van der Waals surface area contributed by atoms with Crippen molar-refractivity contribution in [3.63, 3.8) is 0 Å². The number of rotatable bonds is 6. The van der Waals surface area contributed by atoms with Crippen molar-refractivity contribution in [3.05, 3.63) is 0 Å². The number of carbonyl (C=O) groups excluding carboxylic acids is 1. The van der Waals surface area contributed by atoms with Crippen molar-refractivity contribution in [3.8, 4) is 0 Å². The molecule has 1 aliphatic rings. The second-order valence-electron chi connectivity index (χ2n) is 6.39. The van der Waals surface area contributed by atoms with E-state index in [0.717, 1.165) is 32.1 Å². The van der Waals surface area contributed by atoms with E-state index in [-0.39, 0.29) is 23.6 Å². The van der Waals surface area contributed by atoms with Gasteiger partial charge in [0.15, 0.2) is 0 Å². The zero-order chi connectivity index (χ0) is 13.1. The van der Waals surface area contributed by atoms with Gasteiger partial charge in [0.2, 0.25) is 0 Å². The first kappa shape index (κ1) is 14.5. The molecule has 100 valence electrons. The molecule has 1 aliphatic carbocycles. The van der Waals surface area contributed by atoms with Crippen LogP contribution in [0.2, 0.25) is 0 Å². The highest BCUT2D eigenvalue weighted by Crippen LogP contribution is 2.56. The molecule has 3 heteroatoms. The van der Waals surface area contributed by atoms with Gasteiger partial charge in [-0.05, 0) is 52.9 Å². The van der Waals surface area contributed by atoms with Gasteiger partial charge in [-0.15, -0.1) is 0 Å². The van der Waals surface area contributed by atoms with Crippen LogP contribution >= 0.6 is 0 Å². The van der Waals surface area contributed by atoms with Gasteiger partial charge in [0.25, 0.3) is 0 Å². The summed E-state index contributed by atoms with van der Waals surface area (Å²) < 4.78 is 5.44. The molecule has 0 aromatic carbocycles. The summed E-state index contributed by atoms with van der Waals surface area (Å²) in [5.74, 6) is 0.438. The molecule has 0 radical (unpaired) electrons. The lowest BCUT2D eigenvalue weighted by molar-refractivity contribution is -0.161. The molecule has 1 fully saturated rings. The van der Waals surface area contributed by atoms with Crippen molar-refractivity contribution in [1.29, 1.82) is 0 Å². The zero-order valence-electron chi connectivity index (χ0n) is 11.6. The lowest BCUT2D eigenvalue weighted by Gasteiger charge is -2.22. The SMILES string of the molecule is CC(C)(C)OC(=O)C1(C)CC1CCCCCO. The van der Waals surface area contributed by atoms with Crippen molar-refractivity contribution in [2.75, 3.05) is 6.61 Å². The Bertz CT molecular complexity index is 267. The van der Waals surface area contributed by atoms with E-state index in [1.54, 1.807) is 0 Å². The Hall–Kier alpha value is -0.570. The number of hydrogen-bond donors (Lipinski definition) is 1. The van der Waals surface area contributed by atoms with Gasteiger partial charge in [0, 0.05) is 6.61 Å². The zero-order valence-corrected chi connectivity index (χ0v) is 11.6. The first-order valence-corrected chi connectivity index (χ1v) is 6.64. The Balaban J connectivity index is 2.29. The predicted molar refractivity (Wildman–Crippen MR) is 67.6 cm³/mol. The maximum absolute atomic E-state index is 12.0. The van der Waals surface area contributed by atoms with E-state index in [1.807, 2.05) is 27.7 Å². The quantitative estimate of drug-likeness (QED) is 0.575. The summed E-state index contributed by atoms with van der Waals surface area (Å²) >= 11 is 0. The highest BCUT2D eigenvalue weighted by atomic mass is 16.6. The third-order valence-electron chi connectivity index (χ3n) is 3.49. The van der Waals surface area contributed by atoms with Gasteiger partial charge in [0.05, 0.1) is 5.41 Å². The summed E-state index contributed by atoms with van der Waals surface area (Å²) in [6.07, 6.45) is 5.06. The van der Waals surface area contributed by atoms with Crippen LogP contribution in [-0.2, 0) is 9.53 Å². The number of aliphatic hydroxyl groups excluding tert-OH is 1. The molecule has 0 heterocycles. The van der Waals surface area contributed by atoms with Gasteiger partial charge in [-0.2, -0.15) is 0 Å².